The Morgan fingerprint density at radius 3 is 2.83 bits per heavy atom. The molecular weight excluding hydrogens is 520 g/mol. The second-order valence-corrected chi connectivity index (χ2v) is 10.5. The molecule has 1 N–H and O–H groups in total. The molecule has 41 heavy (non-hydrogen) atoms. The summed E-state index contributed by atoms with van der Waals surface area (Å²) >= 11 is 0. The van der Waals surface area contributed by atoms with E-state index in [-0.39, 0.29) is 17.8 Å². The van der Waals surface area contributed by atoms with Crippen molar-refractivity contribution in [3.8, 4) is 11.5 Å². The van der Waals surface area contributed by atoms with Crippen LogP contribution in [0.3, 0.4) is 0 Å². The monoisotopic (exact) mass is 552 g/mol. The highest BCUT2D eigenvalue weighted by atomic mass is 16.6. The molecule has 210 valence electrons. The molecule has 1 aliphatic heterocycles. The highest BCUT2D eigenvalue weighted by molar-refractivity contribution is 6.16. The first kappa shape index (κ1) is 26.8. The van der Waals surface area contributed by atoms with Gasteiger partial charge < -0.3 is 23.9 Å². The maximum Gasteiger partial charge on any atom is 0.309 e. The van der Waals surface area contributed by atoms with E-state index in [9.17, 15) is 14.7 Å². The molecule has 2 aromatic carbocycles. The van der Waals surface area contributed by atoms with Gasteiger partial charge in [0.15, 0.2) is 17.3 Å². The number of pyridine rings is 1. The summed E-state index contributed by atoms with van der Waals surface area (Å²) in [6.45, 7) is 2.05. The molecule has 2 aromatic heterocycles. The van der Waals surface area contributed by atoms with Gasteiger partial charge in [0.1, 0.15) is 13.2 Å². The van der Waals surface area contributed by atoms with Crippen molar-refractivity contribution in [3.05, 3.63) is 95.5 Å². The second kappa shape index (κ2) is 12.0. The normalized spacial score (nSPS) is 18.2. The number of ether oxygens (including phenoxy) is 3. The molecule has 8 heteroatoms. The van der Waals surface area contributed by atoms with E-state index in [1.807, 2.05) is 24.4 Å². The fourth-order valence-electron chi connectivity index (χ4n) is 5.70. The average Bonchev–Trinajstić information content (AvgIpc) is 3.62. The van der Waals surface area contributed by atoms with Crippen molar-refractivity contribution >= 4 is 28.7 Å². The Labute approximate surface area is 238 Å². The molecule has 2 atom stereocenters. The van der Waals surface area contributed by atoms with Crippen molar-refractivity contribution in [3.63, 3.8) is 0 Å². The maximum atomic E-state index is 13.5. The van der Waals surface area contributed by atoms with Gasteiger partial charge in [-0.3, -0.25) is 14.6 Å². The van der Waals surface area contributed by atoms with Crippen LogP contribution in [0, 0.1) is 5.92 Å². The Bertz CT molecular complexity index is 1610. The minimum absolute atomic E-state index is 0.0927. The van der Waals surface area contributed by atoms with E-state index in [0.29, 0.717) is 55.4 Å². The molecule has 0 spiro atoms. The summed E-state index contributed by atoms with van der Waals surface area (Å²) in [5.41, 5.74) is 4.27. The first-order valence-corrected chi connectivity index (χ1v) is 14.0. The predicted octanol–water partition coefficient (Wildman–Crippen LogP) is 5.56. The van der Waals surface area contributed by atoms with Crippen molar-refractivity contribution in [2.24, 2.45) is 5.92 Å². The van der Waals surface area contributed by atoms with Crippen LogP contribution in [0.4, 0.5) is 0 Å². The van der Waals surface area contributed by atoms with Gasteiger partial charge in [-0.05, 0) is 61.1 Å². The molecule has 0 radical (unpaired) electrons. The smallest absolute Gasteiger partial charge is 0.309 e. The summed E-state index contributed by atoms with van der Waals surface area (Å²) < 4.78 is 19.3. The Morgan fingerprint density at radius 2 is 1.95 bits per heavy atom. The third-order valence-corrected chi connectivity index (χ3v) is 7.79. The van der Waals surface area contributed by atoms with Gasteiger partial charge in [-0.25, -0.2) is 0 Å². The van der Waals surface area contributed by atoms with Crippen molar-refractivity contribution in [2.75, 3.05) is 19.8 Å². The van der Waals surface area contributed by atoms with Crippen LogP contribution in [0.2, 0.25) is 0 Å². The van der Waals surface area contributed by atoms with Crippen molar-refractivity contribution in [1.29, 1.82) is 0 Å². The fraction of sp³-hybridized carbons (Fsp3) is 0.303. The van der Waals surface area contributed by atoms with E-state index < -0.39 is 5.97 Å². The minimum Gasteiger partial charge on any atom is -0.486 e. The number of rotatable bonds is 10. The zero-order chi connectivity index (χ0) is 28.2. The van der Waals surface area contributed by atoms with Crippen LogP contribution < -0.4 is 9.47 Å². The molecule has 0 saturated heterocycles. The maximum absolute atomic E-state index is 13.5. The topological polar surface area (TPSA) is 99.9 Å². The largest absolute Gasteiger partial charge is 0.486 e. The summed E-state index contributed by atoms with van der Waals surface area (Å²) in [6, 6.07) is 15.5. The lowest BCUT2D eigenvalue weighted by molar-refractivity contribution is -0.146. The third kappa shape index (κ3) is 5.88. The number of benzene rings is 2. The van der Waals surface area contributed by atoms with Gasteiger partial charge >= 0.3 is 5.97 Å². The number of hydrogen-bond donors (Lipinski definition) is 1. The predicted molar refractivity (Wildman–Crippen MR) is 154 cm³/mol. The Balaban J connectivity index is 1.13. The molecule has 1 saturated carbocycles. The average molecular weight is 553 g/mol. The summed E-state index contributed by atoms with van der Waals surface area (Å²) in [5, 5.41) is 10.2. The molecule has 0 amide bonds. The number of aromatic nitrogens is 2. The van der Waals surface area contributed by atoms with Crippen molar-refractivity contribution in [1.82, 2.24) is 9.55 Å². The molecule has 3 heterocycles. The summed E-state index contributed by atoms with van der Waals surface area (Å²) in [6.07, 6.45) is 12.4. The first-order valence-electron chi connectivity index (χ1n) is 14.0. The number of allylic oxidation sites excluding steroid dienone is 1. The molecule has 1 aliphatic carbocycles. The lowest BCUT2D eigenvalue weighted by atomic mass is 10.0. The number of aliphatic carboxylic acids is 1. The SMILES string of the molecule is O=C(c1ccc2c(c1)OCCO2)c1cn(C/C=C/c2cccc(CCOC3CCCC3C(=O)O)c2)c2ccncc12. The van der Waals surface area contributed by atoms with Crippen LogP contribution in [-0.4, -0.2) is 52.3 Å². The van der Waals surface area contributed by atoms with Crippen LogP contribution >= 0.6 is 0 Å². The lowest BCUT2D eigenvalue weighted by Crippen LogP contribution is -2.26. The van der Waals surface area contributed by atoms with Crippen LogP contribution in [0.25, 0.3) is 17.0 Å². The van der Waals surface area contributed by atoms with Gasteiger partial charge in [-0.1, -0.05) is 36.4 Å². The van der Waals surface area contributed by atoms with Crippen LogP contribution in [-0.2, 0) is 22.5 Å². The van der Waals surface area contributed by atoms with E-state index in [1.54, 1.807) is 30.6 Å². The van der Waals surface area contributed by atoms with E-state index in [0.717, 1.165) is 41.3 Å². The molecule has 8 nitrogen and oxygen atoms in total. The van der Waals surface area contributed by atoms with Gasteiger partial charge in [0.25, 0.3) is 0 Å². The highest BCUT2D eigenvalue weighted by Crippen LogP contribution is 2.33. The summed E-state index contributed by atoms with van der Waals surface area (Å²) in [4.78, 5) is 29.2. The molecule has 2 aliphatic rings. The van der Waals surface area contributed by atoms with E-state index >= 15 is 0 Å². The number of carboxylic acid groups (broad SMARTS) is 1. The Morgan fingerprint density at radius 1 is 1.07 bits per heavy atom. The quantitative estimate of drug-likeness (QED) is 0.257. The number of nitrogens with zero attached hydrogens (tertiary/aromatic N) is 2. The fourth-order valence-corrected chi connectivity index (χ4v) is 5.70. The van der Waals surface area contributed by atoms with Crippen LogP contribution in [0.5, 0.6) is 11.5 Å². The highest BCUT2D eigenvalue weighted by Gasteiger charge is 2.33. The lowest BCUT2D eigenvalue weighted by Gasteiger charge is -2.18. The number of carbonyl (C=O) groups excluding carboxylic acids is 1. The van der Waals surface area contributed by atoms with E-state index in [4.69, 9.17) is 14.2 Å². The summed E-state index contributed by atoms with van der Waals surface area (Å²) in [7, 11) is 0. The number of carboxylic acids is 1. The number of hydrogen-bond acceptors (Lipinski definition) is 6. The molecule has 1 fully saturated rings. The van der Waals surface area contributed by atoms with Crippen LogP contribution in [0.15, 0.2) is 73.2 Å². The molecule has 0 bridgehead atoms. The number of carbonyl (C=O) groups is 2. The standard InChI is InChI=1S/C33H32N2O6/c36-32(24-9-10-30-31(19-24)41-17-16-40-30)27-21-35(28-11-13-34-20-26(27)28)14-3-6-22-4-1-5-23(18-22)12-15-39-29-8-2-7-25(29)33(37)38/h1,3-6,9-11,13,18-21,25,29H,2,7-8,12,14-17H2,(H,37,38)/b6-3+. The molecule has 4 aromatic rings. The minimum atomic E-state index is -0.758. The van der Waals surface area contributed by atoms with E-state index in [1.165, 1.54) is 0 Å². The number of ketones is 1. The van der Waals surface area contributed by atoms with Gasteiger partial charge in [0.2, 0.25) is 0 Å². The van der Waals surface area contributed by atoms with E-state index in [2.05, 4.69) is 33.8 Å². The van der Waals surface area contributed by atoms with Crippen molar-refractivity contribution < 1.29 is 28.9 Å². The first-order chi connectivity index (χ1) is 20.1. The number of fused-ring (bicyclic) bond motifs is 2. The van der Waals surface area contributed by atoms with Crippen LogP contribution in [0.1, 0.15) is 46.3 Å². The zero-order valence-corrected chi connectivity index (χ0v) is 22.7. The van der Waals surface area contributed by atoms with Gasteiger partial charge in [0, 0.05) is 41.6 Å². The van der Waals surface area contributed by atoms with Crippen molar-refractivity contribution in [2.45, 2.75) is 38.3 Å². The molecule has 6 rings (SSSR count). The Hall–Kier alpha value is -4.43. The zero-order valence-electron chi connectivity index (χ0n) is 22.7. The molecule has 2 unspecified atom stereocenters. The van der Waals surface area contributed by atoms with Gasteiger partial charge in [0.05, 0.1) is 24.1 Å². The Kier molecular flexibility index (Phi) is 7.82. The van der Waals surface area contributed by atoms with Gasteiger partial charge in [-0.15, -0.1) is 0 Å². The summed E-state index contributed by atoms with van der Waals surface area (Å²) in [5.74, 6) is 0.00115. The second-order valence-electron chi connectivity index (χ2n) is 10.5. The van der Waals surface area contributed by atoms with Gasteiger partial charge in [-0.2, -0.15) is 0 Å². The molecular formula is C33H32N2O6. The third-order valence-electron chi connectivity index (χ3n) is 7.79.